The molecule has 0 fully saturated rings. The summed E-state index contributed by atoms with van der Waals surface area (Å²) in [5.41, 5.74) is 1.32. The van der Waals surface area contributed by atoms with Gasteiger partial charge in [0.25, 0.3) is 0 Å². The number of rotatable bonds is 5. The highest BCUT2D eigenvalue weighted by Crippen LogP contribution is 2.19. The molecule has 1 heterocycles. The zero-order chi connectivity index (χ0) is 15.2. The van der Waals surface area contributed by atoms with Crippen LogP contribution in [0.1, 0.15) is 51.0 Å². The molecule has 0 aromatic carbocycles. The monoisotopic (exact) mass is 280 g/mol. The van der Waals surface area contributed by atoms with Gasteiger partial charge in [-0.25, -0.2) is 4.98 Å². The van der Waals surface area contributed by atoms with E-state index in [1.807, 2.05) is 13.8 Å². The molecule has 0 aliphatic carbocycles. The third-order valence-corrected chi connectivity index (χ3v) is 3.10. The average molecular weight is 280 g/mol. The Morgan fingerprint density at radius 1 is 1.25 bits per heavy atom. The lowest BCUT2D eigenvalue weighted by Crippen LogP contribution is -2.37. The second-order valence-corrected chi connectivity index (χ2v) is 6.27. The van der Waals surface area contributed by atoms with Gasteiger partial charge in [0.2, 0.25) is 5.89 Å². The Morgan fingerprint density at radius 3 is 2.45 bits per heavy atom. The number of nitrogens with one attached hydrogen (secondary N) is 2. The molecule has 0 saturated carbocycles. The molecule has 0 aliphatic heterocycles. The molecule has 5 nitrogen and oxygen atoms in total. The third-order valence-electron chi connectivity index (χ3n) is 3.10. The molecule has 2 N–H and O–H groups in total. The SMILES string of the molecule is CN=C(NCCCC(C)(C)C)NCc1nc(C)c(C)o1. The minimum absolute atomic E-state index is 0.381. The van der Waals surface area contributed by atoms with Gasteiger partial charge < -0.3 is 15.1 Å². The second kappa shape index (κ2) is 7.31. The zero-order valence-corrected chi connectivity index (χ0v) is 13.6. The van der Waals surface area contributed by atoms with Gasteiger partial charge in [-0.15, -0.1) is 0 Å². The van der Waals surface area contributed by atoms with Crippen molar-refractivity contribution in [3.8, 4) is 0 Å². The van der Waals surface area contributed by atoms with Gasteiger partial charge in [-0.1, -0.05) is 20.8 Å². The van der Waals surface area contributed by atoms with Gasteiger partial charge in [0, 0.05) is 13.6 Å². The van der Waals surface area contributed by atoms with Crippen LogP contribution in [0.15, 0.2) is 9.41 Å². The number of aliphatic imine (C=N–C) groups is 1. The number of hydrogen-bond acceptors (Lipinski definition) is 3. The molecule has 0 aliphatic rings. The van der Waals surface area contributed by atoms with Crippen molar-refractivity contribution in [1.82, 2.24) is 15.6 Å². The van der Waals surface area contributed by atoms with E-state index >= 15 is 0 Å². The van der Waals surface area contributed by atoms with E-state index in [0.717, 1.165) is 30.4 Å². The van der Waals surface area contributed by atoms with Gasteiger partial charge in [0.1, 0.15) is 5.76 Å². The highest BCUT2D eigenvalue weighted by Gasteiger charge is 2.09. The van der Waals surface area contributed by atoms with Crippen molar-refractivity contribution in [2.24, 2.45) is 10.4 Å². The maximum atomic E-state index is 5.52. The van der Waals surface area contributed by atoms with Crippen LogP contribution in [0.5, 0.6) is 0 Å². The maximum Gasteiger partial charge on any atom is 0.214 e. The third kappa shape index (κ3) is 6.08. The van der Waals surface area contributed by atoms with Gasteiger partial charge in [-0.05, 0) is 32.1 Å². The highest BCUT2D eigenvalue weighted by molar-refractivity contribution is 5.79. The van der Waals surface area contributed by atoms with Crippen LogP contribution >= 0.6 is 0 Å². The molecular weight excluding hydrogens is 252 g/mol. The van der Waals surface area contributed by atoms with Crippen molar-refractivity contribution in [2.75, 3.05) is 13.6 Å². The summed E-state index contributed by atoms with van der Waals surface area (Å²) >= 11 is 0. The minimum atomic E-state index is 0.381. The Labute approximate surface area is 122 Å². The van der Waals surface area contributed by atoms with Crippen molar-refractivity contribution in [3.05, 3.63) is 17.3 Å². The van der Waals surface area contributed by atoms with Crippen molar-refractivity contribution in [2.45, 2.75) is 54.0 Å². The number of hydrogen-bond donors (Lipinski definition) is 2. The van der Waals surface area contributed by atoms with Gasteiger partial charge in [0.15, 0.2) is 5.96 Å². The number of guanidine groups is 1. The first-order valence-corrected chi connectivity index (χ1v) is 7.19. The summed E-state index contributed by atoms with van der Waals surface area (Å²) in [5, 5.41) is 6.51. The van der Waals surface area contributed by atoms with Crippen LogP contribution in [0.3, 0.4) is 0 Å². The average Bonchev–Trinajstić information content (AvgIpc) is 2.66. The lowest BCUT2D eigenvalue weighted by molar-refractivity contribution is 0.365. The Morgan fingerprint density at radius 2 is 1.95 bits per heavy atom. The van der Waals surface area contributed by atoms with Crippen molar-refractivity contribution in [3.63, 3.8) is 0 Å². The second-order valence-electron chi connectivity index (χ2n) is 6.27. The predicted octanol–water partition coefficient (Wildman–Crippen LogP) is 2.78. The summed E-state index contributed by atoms with van der Waals surface area (Å²) in [6.45, 7) is 12.1. The van der Waals surface area contributed by atoms with E-state index in [4.69, 9.17) is 4.42 Å². The fraction of sp³-hybridized carbons (Fsp3) is 0.733. The van der Waals surface area contributed by atoms with Crippen LogP contribution in [0.4, 0.5) is 0 Å². The van der Waals surface area contributed by atoms with Gasteiger partial charge in [-0.2, -0.15) is 0 Å². The first kappa shape index (κ1) is 16.5. The first-order valence-electron chi connectivity index (χ1n) is 7.19. The van der Waals surface area contributed by atoms with Crippen LogP contribution < -0.4 is 10.6 Å². The highest BCUT2D eigenvalue weighted by atomic mass is 16.4. The lowest BCUT2D eigenvalue weighted by atomic mass is 9.91. The summed E-state index contributed by atoms with van der Waals surface area (Å²) in [6.07, 6.45) is 2.32. The molecule has 0 saturated heterocycles. The summed E-state index contributed by atoms with van der Waals surface area (Å²) < 4.78 is 5.52. The van der Waals surface area contributed by atoms with Crippen molar-refractivity contribution in [1.29, 1.82) is 0 Å². The Balaban J connectivity index is 2.30. The normalized spacial score (nSPS) is 12.6. The van der Waals surface area contributed by atoms with Crippen LogP contribution in [-0.4, -0.2) is 24.5 Å². The molecule has 0 spiro atoms. The number of aromatic nitrogens is 1. The Bertz CT molecular complexity index is 424. The zero-order valence-electron chi connectivity index (χ0n) is 13.6. The molecule has 0 amide bonds. The molecule has 0 atom stereocenters. The molecule has 0 bridgehead atoms. The van der Waals surface area contributed by atoms with E-state index in [1.54, 1.807) is 7.05 Å². The van der Waals surface area contributed by atoms with E-state index in [2.05, 4.69) is 41.4 Å². The molecule has 5 heteroatoms. The van der Waals surface area contributed by atoms with Crippen LogP contribution in [0.2, 0.25) is 0 Å². The Kier molecular flexibility index (Phi) is 6.05. The molecule has 20 heavy (non-hydrogen) atoms. The molecule has 114 valence electrons. The topological polar surface area (TPSA) is 62.5 Å². The largest absolute Gasteiger partial charge is 0.444 e. The smallest absolute Gasteiger partial charge is 0.214 e. The van der Waals surface area contributed by atoms with Crippen molar-refractivity contribution >= 4 is 5.96 Å². The van der Waals surface area contributed by atoms with E-state index in [0.29, 0.717) is 17.9 Å². The van der Waals surface area contributed by atoms with Gasteiger partial charge >= 0.3 is 0 Å². The molecule has 1 rings (SSSR count). The summed E-state index contributed by atoms with van der Waals surface area (Å²) in [7, 11) is 1.77. The standard InChI is InChI=1S/C15H28N4O/c1-11-12(2)20-13(19-11)10-18-14(16-6)17-9-7-8-15(3,4)5/h7-10H2,1-6H3,(H2,16,17,18). The van der Waals surface area contributed by atoms with Gasteiger partial charge in [-0.3, -0.25) is 4.99 Å². The summed E-state index contributed by atoms with van der Waals surface area (Å²) in [5.74, 6) is 2.35. The molecule has 1 aromatic heterocycles. The quantitative estimate of drug-likeness (QED) is 0.494. The van der Waals surface area contributed by atoms with E-state index < -0.39 is 0 Å². The number of oxazole rings is 1. The van der Waals surface area contributed by atoms with Gasteiger partial charge in [0.05, 0.1) is 12.2 Å². The summed E-state index contributed by atoms with van der Waals surface area (Å²) in [4.78, 5) is 8.52. The minimum Gasteiger partial charge on any atom is -0.444 e. The molecule has 1 aromatic rings. The molecule has 0 radical (unpaired) electrons. The molecule has 0 unspecified atom stereocenters. The van der Waals surface area contributed by atoms with Crippen molar-refractivity contribution < 1.29 is 4.42 Å². The Hall–Kier alpha value is -1.52. The number of nitrogens with zero attached hydrogens (tertiary/aromatic N) is 2. The fourth-order valence-electron chi connectivity index (χ4n) is 1.82. The number of aryl methyl sites for hydroxylation is 2. The van der Waals surface area contributed by atoms with E-state index in [9.17, 15) is 0 Å². The van der Waals surface area contributed by atoms with E-state index in [-0.39, 0.29) is 0 Å². The fourth-order valence-corrected chi connectivity index (χ4v) is 1.82. The van der Waals surface area contributed by atoms with Crippen LogP contribution in [0.25, 0.3) is 0 Å². The van der Waals surface area contributed by atoms with Crippen LogP contribution in [0, 0.1) is 19.3 Å². The summed E-state index contributed by atoms with van der Waals surface area (Å²) in [6, 6.07) is 0. The first-order chi connectivity index (χ1) is 9.31. The molecular formula is C15H28N4O. The maximum absolute atomic E-state index is 5.52. The predicted molar refractivity (Wildman–Crippen MR) is 82.9 cm³/mol. The van der Waals surface area contributed by atoms with Crippen LogP contribution in [-0.2, 0) is 6.54 Å². The lowest BCUT2D eigenvalue weighted by Gasteiger charge is -2.18. The van der Waals surface area contributed by atoms with E-state index in [1.165, 1.54) is 6.42 Å².